The lowest BCUT2D eigenvalue weighted by Crippen LogP contribution is -2.50. The molecule has 0 aromatic heterocycles. The van der Waals surface area contributed by atoms with Crippen molar-refractivity contribution >= 4 is 11.8 Å². The molecule has 0 aliphatic carbocycles. The summed E-state index contributed by atoms with van der Waals surface area (Å²) in [7, 11) is 1.62. The third kappa shape index (κ3) is 7.59. The van der Waals surface area contributed by atoms with Crippen LogP contribution in [-0.2, 0) is 27.3 Å². The van der Waals surface area contributed by atoms with Crippen LogP contribution in [0.25, 0.3) is 0 Å². The second kappa shape index (κ2) is 12.8. The van der Waals surface area contributed by atoms with Crippen molar-refractivity contribution in [2.45, 2.75) is 45.2 Å². The van der Waals surface area contributed by atoms with Gasteiger partial charge in [-0.25, -0.2) is 4.39 Å². The Kier molecular flexibility index (Phi) is 10.0. The molecule has 0 heterocycles. The topological polar surface area (TPSA) is 58.6 Å². The highest BCUT2D eigenvalue weighted by Crippen LogP contribution is 2.16. The van der Waals surface area contributed by atoms with Gasteiger partial charge in [-0.2, -0.15) is 0 Å². The number of ether oxygens (including phenoxy) is 1. The summed E-state index contributed by atoms with van der Waals surface area (Å²) in [5.74, 6) is -0.613. The number of carbonyl (C=O) groups is 2. The molecular weight excluding hydrogens is 383 g/mol. The molecule has 2 rings (SSSR count). The van der Waals surface area contributed by atoms with Crippen molar-refractivity contribution in [3.05, 3.63) is 71.5 Å². The van der Waals surface area contributed by atoms with Crippen LogP contribution in [0.5, 0.6) is 0 Å². The van der Waals surface area contributed by atoms with E-state index in [-0.39, 0.29) is 24.2 Å². The van der Waals surface area contributed by atoms with Gasteiger partial charge in [-0.3, -0.25) is 9.59 Å². The normalized spacial score (nSPS) is 11.7. The first-order valence-electron chi connectivity index (χ1n) is 10.4. The van der Waals surface area contributed by atoms with Gasteiger partial charge in [0.2, 0.25) is 11.8 Å². The molecule has 6 heteroatoms. The van der Waals surface area contributed by atoms with Gasteiger partial charge in [0, 0.05) is 39.6 Å². The van der Waals surface area contributed by atoms with Crippen LogP contribution >= 0.6 is 0 Å². The van der Waals surface area contributed by atoms with Crippen molar-refractivity contribution in [2.75, 3.05) is 20.3 Å². The van der Waals surface area contributed by atoms with E-state index in [1.807, 2.05) is 37.3 Å². The molecule has 0 unspecified atom stereocenters. The van der Waals surface area contributed by atoms with E-state index in [2.05, 4.69) is 5.32 Å². The number of hydrogen-bond donors (Lipinski definition) is 1. The second-order valence-electron chi connectivity index (χ2n) is 7.24. The third-order valence-electron chi connectivity index (χ3n) is 4.83. The molecule has 0 aliphatic heterocycles. The first kappa shape index (κ1) is 23.5. The summed E-state index contributed by atoms with van der Waals surface area (Å²) in [6, 6.07) is 15.0. The molecule has 30 heavy (non-hydrogen) atoms. The molecule has 1 atom stereocenters. The van der Waals surface area contributed by atoms with E-state index < -0.39 is 6.04 Å². The maximum Gasteiger partial charge on any atom is 0.243 e. The van der Waals surface area contributed by atoms with Gasteiger partial charge < -0.3 is 15.0 Å². The molecule has 5 nitrogen and oxygen atoms in total. The van der Waals surface area contributed by atoms with E-state index in [9.17, 15) is 14.0 Å². The lowest BCUT2D eigenvalue weighted by atomic mass is 10.0. The molecule has 0 saturated heterocycles. The van der Waals surface area contributed by atoms with Gasteiger partial charge in [-0.05, 0) is 36.1 Å². The van der Waals surface area contributed by atoms with E-state index in [0.717, 1.165) is 11.1 Å². The first-order valence-corrected chi connectivity index (χ1v) is 10.4. The van der Waals surface area contributed by atoms with Gasteiger partial charge in [0.15, 0.2) is 0 Å². The van der Waals surface area contributed by atoms with Crippen molar-refractivity contribution in [1.29, 1.82) is 0 Å². The zero-order valence-electron chi connectivity index (χ0n) is 17.8. The molecule has 0 radical (unpaired) electrons. The summed E-state index contributed by atoms with van der Waals surface area (Å²) >= 11 is 0. The summed E-state index contributed by atoms with van der Waals surface area (Å²) in [5.41, 5.74) is 1.76. The number of nitrogens with zero attached hydrogens (tertiary/aromatic N) is 1. The van der Waals surface area contributed by atoms with Gasteiger partial charge >= 0.3 is 0 Å². The SMILES string of the molecule is CCCC(=O)N(Cc1ccc(F)cc1)[C@@H](Cc1ccccc1)C(=O)NCCCOC. The van der Waals surface area contributed by atoms with Crippen LogP contribution in [0, 0.1) is 5.82 Å². The van der Waals surface area contributed by atoms with Crippen molar-refractivity contribution in [3.8, 4) is 0 Å². The first-order chi connectivity index (χ1) is 14.5. The molecular formula is C24H31FN2O3. The number of nitrogens with one attached hydrogen (secondary N) is 1. The Morgan fingerprint density at radius 3 is 2.40 bits per heavy atom. The standard InChI is InChI=1S/C24H31FN2O3/c1-3-8-23(28)27(18-20-11-13-21(25)14-12-20)22(17-19-9-5-4-6-10-19)24(29)26-15-7-16-30-2/h4-6,9-14,22H,3,7-8,15-18H2,1-2H3,(H,26,29)/t22-/m0/s1. The van der Waals surface area contributed by atoms with Crippen molar-refractivity contribution in [3.63, 3.8) is 0 Å². The average molecular weight is 415 g/mol. The summed E-state index contributed by atoms with van der Waals surface area (Å²) in [4.78, 5) is 27.7. The molecule has 1 N–H and O–H groups in total. The van der Waals surface area contributed by atoms with Crippen LogP contribution in [0.4, 0.5) is 4.39 Å². The Morgan fingerprint density at radius 1 is 1.07 bits per heavy atom. The lowest BCUT2D eigenvalue weighted by molar-refractivity contribution is -0.141. The lowest BCUT2D eigenvalue weighted by Gasteiger charge is -2.31. The van der Waals surface area contributed by atoms with Crippen LogP contribution in [0.15, 0.2) is 54.6 Å². The fourth-order valence-electron chi connectivity index (χ4n) is 3.24. The number of halogens is 1. The fourth-order valence-corrected chi connectivity index (χ4v) is 3.24. The highest BCUT2D eigenvalue weighted by molar-refractivity contribution is 5.88. The molecule has 2 aromatic carbocycles. The van der Waals surface area contributed by atoms with E-state index in [1.165, 1.54) is 12.1 Å². The highest BCUT2D eigenvalue weighted by atomic mass is 19.1. The van der Waals surface area contributed by atoms with Crippen LogP contribution in [0.2, 0.25) is 0 Å². The Hall–Kier alpha value is -2.73. The highest BCUT2D eigenvalue weighted by Gasteiger charge is 2.29. The zero-order valence-corrected chi connectivity index (χ0v) is 17.8. The predicted octanol–water partition coefficient (Wildman–Crippen LogP) is 3.72. The molecule has 0 fully saturated rings. The van der Waals surface area contributed by atoms with Crippen molar-refractivity contribution in [2.24, 2.45) is 0 Å². The van der Waals surface area contributed by atoms with Crippen LogP contribution < -0.4 is 5.32 Å². The summed E-state index contributed by atoms with van der Waals surface area (Å²) < 4.78 is 18.4. The Balaban J connectivity index is 2.27. The summed E-state index contributed by atoms with van der Waals surface area (Å²) in [6.45, 7) is 3.22. The van der Waals surface area contributed by atoms with Gasteiger partial charge in [0.1, 0.15) is 11.9 Å². The fraction of sp³-hybridized carbons (Fsp3) is 0.417. The molecule has 0 saturated carbocycles. The van der Waals surface area contributed by atoms with Crippen LogP contribution in [0.1, 0.15) is 37.3 Å². The van der Waals surface area contributed by atoms with Crippen LogP contribution in [-0.4, -0.2) is 43.0 Å². The number of hydrogen-bond acceptors (Lipinski definition) is 3. The average Bonchev–Trinajstić information content (AvgIpc) is 2.75. The summed E-state index contributed by atoms with van der Waals surface area (Å²) in [6.07, 6.45) is 2.14. The second-order valence-corrected chi connectivity index (χ2v) is 7.24. The van der Waals surface area contributed by atoms with Gasteiger partial charge in [-0.15, -0.1) is 0 Å². The predicted molar refractivity (Wildman–Crippen MR) is 115 cm³/mol. The molecule has 2 amide bonds. The van der Waals surface area contributed by atoms with Gasteiger partial charge in [0.05, 0.1) is 0 Å². The molecule has 0 spiro atoms. The van der Waals surface area contributed by atoms with Gasteiger partial charge in [0.25, 0.3) is 0 Å². The van der Waals surface area contributed by atoms with Crippen molar-refractivity contribution < 1.29 is 18.7 Å². The Morgan fingerprint density at radius 2 is 1.77 bits per heavy atom. The Labute approximate surface area is 178 Å². The quantitative estimate of drug-likeness (QED) is 0.539. The maximum absolute atomic E-state index is 13.3. The molecule has 0 bridgehead atoms. The Bertz CT molecular complexity index is 781. The number of carbonyl (C=O) groups excluding carboxylic acids is 2. The van der Waals surface area contributed by atoms with E-state index in [1.54, 1.807) is 24.1 Å². The molecule has 0 aliphatic rings. The monoisotopic (exact) mass is 414 g/mol. The molecule has 162 valence electrons. The summed E-state index contributed by atoms with van der Waals surface area (Å²) in [5, 5.41) is 2.94. The van der Waals surface area contributed by atoms with Gasteiger partial charge in [-0.1, -0.05) is 49.4 Å². The maximum atomic E-state index is 13.3. The zero-order chi connectivity index (χ0) is 21.8. The van der Waals surface area contributed by atoms with E-state index in [4.69, 9.17) is 4.74 Å². The van der Waals surface area contributed by atoms with E-state index >= 15 is 0 Å². The van der Waals surface area contributed by atoms with Crippen molar-refractivity contribution in [1.82, 2.24) is 10.2 Å². The minimum atomic E-state index is -0.654. The largest absolute Gasteiger partial charge is 0.385 e. The van der Waals surface area contributed by atoms with E-state index in [0.29, 0.717) is 38.8 Å². The number of amides is 2. The van der Waals surface area contributed by atoms with Crippen LogP contribution in [0.3, 0.4) is 0 Å². The molecule has 2 aromatic rings. The number of rotatable bonds is 12. The minimum Gasteiger partial charge on any atom is -0.385 e. The third-order valence-corrected chi connectivity index (χ3v) is 4.83. The number of benzene rings is 2. The number of methoxy groups -OCH3 is 1. The minimum absolute atomic E-state index is 0.0882. The smallest absolute Gasteiger partial charge is 0.243 e.